The second kappa shape index (κ2) is 9.43. The van der Waals surface area contributed by atoms with Gasteiger partial charge in [-0.05, 0) is 18.2 Å². The highest BCUT2D eigenvalue weighted by molar-refractivity contribution is 5.84. The van der Waals surface area contributed by atoms with Crippen molar-refractivity contribution in [3.63, 3.8) is 0 Å². The lowest BCUT2D eigenvalue weighted by Gasteiger charge is -2.36. The molecular formula is C21H27N7O2. The lowest BCUT2D eigenvalue weighted by atomic mass is 10.2. The van der Waals surface area contributed by atoms with E-state index >= 15 is 0 Å². The average Bonchev–Trinajstić information content (AvgIpc) is 2.83. The Balaban J connectivity index is 1.18. The summed E-state index contributed by atoms with van der Waals surface area (Å²) in [6, 6.07) is 11.8. The SMILES string of the molecule is O=C(CNC(=O)N1CCN(c2ccccc2)CC1)N1CCN(c2ncccn2)CC1. The fraction of sp³-hybridized carbons (Fsp3) is 0.429. The minimum Gasteiger partial charge on any atom is -0.368 e. The normalized spacial score (nSPS) is 17.1. The average molecular weight is 409 g/mol. The maximum Gasteiger partial charge on any atom is 0.317 e. The van der Waals surface area contributed by atoms with E-state index in [9.17, 15) is 9.59 Å². The summed E-state index contributed by atoms with van der Waals surface area (Å²) in [6.45, 7) is 5.46. The number of carbonyl (C=O) groups is 2. The molecule has 158 valence electrons. The number of carbonyl (C=O) groups excluding carboxylic acids is 2. The van der Waals surface area contributed by atoms with E-state index in [-0.39, 0.29) is 18.5 Å². The number of amides is 3. The fourth-order valence-corrected chi connectivity index (χ4v) is 3.79. The minimum atomic E-state index is -0.174. The van der Waals surface area contributed by atoms with Crippen LogP contribution in [0.1, 0.15) is 0 Å². The molecule has 2 fully saturated rings. The first-order valence-corrected chi connectivity index (χ1v) is 10.3. The Bertz CT molecular complexity index is 761. The van der Waals surface area contributed by atoms with Crippen LogP contribution >= 0.6 is 0 Å². The Morgan fingerprint density at radius 3 is 2.03 bits per heavy atom. The number of nitrogens with zero attached hydrogens (tertiary/aromatic N) is 6. The number of urea groups is 1. The van der Waals surface area contributed by atoms with Crippen LogP contribution in [0.3, 0.4) is 0 Å². The van der Waals surface area contributed by atoms with Crippen molar-refractivity contribution in [2.45, 2.75) is 0 Å². The van der Waals surface area contributed by atoms with Gasteiger partial charge in [0.05, 0.1) is 6.54 Å². The predicted molar refractivity (Wildman–Crippen MR) is 114 cm³/mol. The molecule has 2 aliphatic rings. The van der Waals surface area contributed by atoms with Crippen LogP contribution in [0.25, 0.3) is 0 Å². The van der Waals surface area contributed by atoms with Crippen LogP contribution in [0.4, 0.5) is 16.4 Å². The van der Waals surface area contributed by atoms with E-state index < -0.39 is 0 Å². The van der Waals surface area contributed by atoms with E-state index in [1.54, 1.807) is 28.3 Å². The van der Waals surface area contributed by atoms with Gasteiger partial charge in [0.2, 0.25) is 11.9 Å². The van der Waals surface area contributed by atoms with Gasteiger partial charge in [0.25, 0.3) is 0 Å². The number of benzene rings is 1. The largest absolute Gasteiger partial charge is 0.368 e. The first-order valence-electron chi connectivity index (χ1n) is 10.3. The molecule has 0 saturated carbocycles. The highest BCUT2D eigenvalue weighted by atomic mass is 16.2. The molecule has 3 amide bonds. The van der Waals surface area contributed by atoms with Crippen molar-refractivity contribution >= 4 is 23.6 Å². The molecule has 0 bridgehead atoms. The third kappa shape index (κ3) is 4.79. The standard InChI is InChI=1S/C21H27N7O2/c29-19(26-11-13-27(14-12-26)20-22-7-4-8-23-20)17-24-21(30)28-15-9-25(10-16-28)18-5-2-1-3-6-18/h1-8H,9-17H2,(H,24,30). The maximum absolute atomic E-state index is 12.5. The Kier molecular flexibility index (Phi) is 6.26. The van der Waals surface area contributed by atoms with Gasteiger partial charge in [0, 0.05) is 70.4 Å². The number of anilines is 2. The van der Waals surface area contributed by atoms with Crippen molar-refractivity contribution in [1.29, 1.82) is 0 Å². The number of hydrogen-bond acceptors (Lipinski definition) is 6. The van der Waals surface area contributed by atoms with Crippen molar-refractivity contribution in [3.8, 4) is 0 Å². The zero-order chi connectivity index (χ0) is 20.8. The molecule has 0 unspecified atom stereocenters. The number of piperazine rings is 2. The van der Waals surface area contributed by atoms with Gasteiger partial charge in [-0.25, -0.2) is 14.8 Å². The summed E-state index contributed by atoms with van der Waals surface area (Å²) in [5, 5.41) is 2.79. The van der Waals surface area contributed by atoms with Gasteiger partial charge in [0.1, 0.15) is 0 Å². The van der Waals surface area contributed by atoms with Crippen LogP contribution in [0, 0.1) is 0 Å². The third-order valence-corrected chi connectivity index (χ3v) is 5.55. The summed E-state index contributed by atoms with van der Waals surface area (Å²) in [7, 11) is 0. The summed E-state index contributed by atoms with van der Waals surface area (Å²) in [6.07, 6.45) is 3.43. The third-order valence-electron chi connectivity index (χ3n) is 5.55. The molecule has 9 heteroatoms. The Labute approximate surface area is 176 Å². The first kappa shape index (κ1) is 19.9. The van der Waals surface area contributed by atoms with Crippen LogP contribution in [0.5, 0.6) is 0 Å². The Morgan fingerprint density at radius 1 is 0.767 bits per heavy atom. The van der Waals surface area contributed by atoms with Crippen LogP contribution in [-0.2, 0) is 4.79 Å². The zero-order valence-electron chi connectivity index (χ0n) is 17.0. The van der Waals surface area contributed by atoms with Crippen molar-refractivity contribution in [2.24, 2.45) is 0 Å². The number of nitrogens with one attached hydrogen (secondary N) is 1. The lowest BCUT2D eigenvalue weighted by Crippen LogP contribution is -2.55. The second-order valence-corrected chi connectivity index (χ2v) is 7.38. The van der Waals surface area contributed by atoms with Gasteiger partial charge in [-0.2, -0.15) is 0 Å². The molecule has 3 heterocycles. The number of aromatic nitrogens is 2. The molecule has 1 N–H and O–H groups in total. The molecule has 0 aliphatic carbocycles. The number of hydrogen-bond donors (Lipinski definition) is 1. The summed E-state index contributed by atoms with van der Waals surface area (Å²) < 4.78 is 0. The van der Waals surface area contributed by atoms with Gasteiger partial charge in [-0.3, -0.25) is 4.79 Å². The van der Waals surface area contributed by atoms with Crippen molar-refractivity contribution < 1.29 is 9.59 Å². The minimum absolute atomic E-state index is 0.0274. The highest BCUT2D eigenvalue weighted by Crippen LogP contribution is 2.15. The zero-order valence-corrected chi connectivity index (χ0v) is 17.0. The molecule has 2 aromatic rings. The van der Waals surface area contributed by atoms with Gasteiger partial charge < -0.3 is 24.9 Å². The molecule has 1 aromatic heterocycles. The number of para-hydroxylation sites is 1. The van der Waals surface area contributed by atoms with Crippen molar-refractivity contribution in [1.82, 2.24) is 25.1 Å². The molecule has 2 saturated heterocycles. The summed E-state index contributed by atoms with van der Waals surface area (Å²) in [5.74, 6) is 0.632. The van der Waals surface area contributed by atoms with Crippen LogP contribution in [0.15, 0.2) is 48.8 Å². The topological polar surface area (TPSA) is 84.9 Å². The molecule has 4 rings (SSSR count). The first-order chi connectivity index (χ1) is 14.7. The molecule has 30 heavy (non-hydrogen) atoms. The quantitative estimate of drug-likeness (QED) is 0.799. The Morgan fingerprint density at radius 2 is 1.37 bits per heavy atom. The molecular weight excluding hydrogens is 382 g/mol. The summed E-state index contributed by atoms with van der Waals surface area (Å²) >= 11 is 0. The lowest BCUT2D eigenvalue weighted by molar-refractivity contribution is -0.130. The van der Waals surface area contributed by atoms with Gasteiger partial charge >= 0.3 is 6.03 Å². The molecule has 0 radical (unpaired) electrons. The molecule has 0 atom stereocenters. The molecule has 2 aliphatic heterocycles. The monoisotopic (exact) mass is 409 g/mol. The summed E-state index contributed by atoms with van der Waals surface area (Å²) in [4.78, 5) is 41.4. The number of rotatable bonds is 4. The molecule has 1 aromatic carbocycles. The summed E-state index contributed by atoms with van der Waals surface area (Å²) in [5.41, 5.74) is 1.17. The van der Waals surface area contributed by atoms with E-state index in [0.29, 0.717) is 45.2 Å². The molecule has 9 nitrogen and oxygen atoms in total. The van der Waals surface area contributed by atoms with Crippen LogP contribution in [0.2, 0.25) is 0 Å². The van der Waals surface area contributed by atoms with Gasteiger partial charge in [0.15, 0.2) is 0 Å². The van der Waals surface area contributed by atoms with E-state index in [0.717, 1.165) is 13.1 Å². The van der Waals surface area contributed by atoms with E-state index in [4.69, 9.17) is 0 Å². The van der Waals surface area contributed by atoms with Crippen LogP contribution in [-0.4, -0.2) is 90.6 Å². The van der Waals surface area contributed by atoms with Gasteiger partial charge in [-0.1, -0.05) is 18.2 Å². The Hall–Kier alpha value is -3.36. The second-order valence-electron chi connectivity index (χ2n) is 7.38. The smallest absolute Gasteiger partial charge is 0.317 e. The van der Waals surface area contributed by atoms with E-state index in [1.807, 2.05) is 18.2 Å². The van der Waals surface area contributed by atoms with Crippen LogP contribution < -0.4 is 15.1 Å². The predicted octanol–water partition coefficient (Wildman–Crippen LogP) is 0.657. The van der Waals surface area contributed by atoms with E-state index in [1.165, 1.54) is 5.69 Å². The highest BCUT2D eigenvalue weighted by Gasteiger charge is 2.25. The van der Waals surface area contributed by atoms with Crippen molar-refractivity contribution in [3.05, 3.63) is 48.8 Å². The molecule has 0 spiro atoms. The van der Waals surface area contributed by atoms with E-state index in [2.05, 4.69) is 37.2 Å². The maximum atomic E-state index is 12.5. The fourth-order valence-electron chi connectivity index (χ4n) is 3.79. The van der Waals surface area contributed by atoms with Gasteiger partial charge in [-0.15, -0.1) is 0 Å². The van der Waals surface area contributed by atoms with Crippen molar-refractivity contribution in [2.75, 3.05) is 68.7 Å².